The molecule has 1 N–H and O–H groups in total. The molecule has 0 radical (unpaired) electrons. The van der Waals surface area contributed by atoms with Gasteiger partial charge in [-0.15, -0.1) is 0 Å². The Balaban J connectivity index is 2.91. The molecule has 2 atom stereocenters. The lowest BCUT2D eigenvalue weighted by molar-refractivity contribution is 0.169. The van der Waals surface area contributed by atoms with Crippen molar-refractivity contribution < 1.29 is 13.9 Å². The van der Waals surface area contributed by atoms with Crippen LogP contribution in [-0.4, -0.2) is 27.4 Å². The molecule has 0 heterocycles. The van der Waals surface area contributed by atoms with Gasteiger partial charge in [-0.25, -0.2) is 4.39 Å². The van der Waals surface area contributed by atoms with Gasteiger partial charge in [0.05, 0.1) is 7.11 Å². The molecule has 0 amide bonds. The maximum Gasteiger partial charge on any atom is 0.131 e. The Morgan fingerprint density at radius 1 is 1.30 bits per heavy atom. The van der Waals surface area contributed by atoms with Gasteiger partial charge in [0.2, 0.25) is 0 Å². The van der Waals surface area contributed by atoms with Crippen molar-refractivity contribution in [2.45, 2.75) is 32.7 Å². The lowest BCUT2D eigenvalue weighted by atomic mass is 9.91. The van der Waals surface area contributed by atoms with E-state index >= 15 is 0 Å². The lowest BCUT2D eigenvalue weighted by Crippen LogP contribution is -2.29. The van der Waals surface area contributed by atoms with Crippen molar-refractivity contribution in [1.29, 1.82) is 0 Å². The molecular formula is C16H26FNO2. The fraction of sp³-hybridized carbons (Fsp3) is 0.625. The average Bonchev–Trinajstić information content (AvgIpc) is 2.46. The Labute approximate surface area is 121 Å². The number of nitrogens with one attached hydrogen (secondary N) is 1. The number of halogens is 1. The molecule has 1 aromatic rings. The Morgan fingerprint density at radius 3 is 2.60 bits per heavy atom. The first kappa shape index (κ1) is 16.9. The molecule has 0 aromatic heterocycles. The van der Waals surface area contributed by atoms with Crippen LogP contribution in [0.25, 0.3) is 0 Å². The Bertz CT molecular complexity index is 398. The van der Waals surface area contributed by atoms with Gasteiger partial charge in [-0.2, -0.15) is 0 Å². The highest BCUT2D eigenvalue weighted by Crippen LogP contribution is 2.29. The molecule has 0 saturated carbocycles. The molecule has 0 aliphatic heterocycles. The van der Waals surface area contributed by atoms with E-state index in [0.29, 0.717) is 23.8 Å². The SMILES string of the molecule is CCCNC(c1ccc(OC)cc1F)C(C)CCOC. The summed E-state index contributed by atoms with van der Waals surface area (Å²) in [5.74, 6) is 0.622. The van der Waals surface area contributed by atoms with Crippen LogP contribution in [0.3, 0.4) is 0 Å². The summed E-state index contributed by atoms with van der Waals surface area (Å²) in [5, 5.41) is 3.44. The third-order valence-corrected chi connectivity index (χ3v) is 3.50. The summed E-state index contributed by atoms with van der Waals surface area (Å²) >= 11 is 0. The van der Waals surface area contributed by atoms with E-state index in [1.165, 1.54) is 6.07 Å². The van der Waals surface area contributed by atoms with Gasteiger partial charge in [0.1, 0.15) is 11.6 Å². The number of hydrogen-bond donors (Lipinski definition) is 1. The minimum absolute atomic E-state index is 0.00370. The van der Waals surface area contributed by atoms with Crippen LogP contribution in [0.15, 0.2) is 18.2 Å². The highest BCUT2D eigenvalue weighted by atomic mass is 19.1. The molecule has 4 heteroatoms. The summed E-state index contributed by atoms with van der Waals surface area (Å²) in [6.45, 7) is 5.78. The molecule has 114 valence electrons. The van der Waals surface area contributed by atoms with E-state index in [1.807, 2.05) is 12.1 Å². The van der Waals surface area contributed by atoms with E-state index in [2.05, 4.69) is 19.2 Å². The van der Waals surface area contributed by atoms with Gasteiger partial charge in [0.15, 0.2) is 0 Å². The first-order valence-corrected chi connectivity index (χ1v) is 7.19. The van der Waals surface area contributed by atoms with E-state index in [0.717, 1.165) is 19.4 Å². The second kappa shape index (κ2) is 8.93. The topological polar surface area (TPSA) is 30.5 Å². The number of benzene rings is 1. The number of methoxy groups -OCH3 is 2. The summed E-state index contributed by atoms with van der Waals surface area (Å²) in [6, 6.07) is 5.06. The smallest absolute Gasteiger partial charge is 0.131 e. The molecule has 1 rings (SSSR count). The van der Waals surface area contributed by atoms with Crippen molar-refractivity contribution in [2.75, 3.05) is 27.4 Å². The number of hydrogen-bond acceptors (Lipinski definition) is 3. The quantitative estimate of drug-likeness (QED) is 0.752. The zero-order valence-corrected chi connectivity index (χ0v) is 12.9. The summed E-state index contributed by atoms with van der Waals surface area (Å²) in [5.41, 5.74) is 0.697. The number of ether oxygens (including phenoxy) is 2. The predicted molar refractivity (Wildman–Crippen MR) is 79.6 cm³/mol. The minimum atomic E-state index is -0.220. The van der Waals surface area contributed by atoms with Crippen LogP contribution in [0.5, 0.6) is 5.75 Å². The zero-order valence-electron chi connectivity index (χ0n) is 12.9. The van der Waals surface area contributed by atoms with E-state index in [-0.39, 0.29) is 11.9 Å². The van der Waals surface area contributed by atoms with Crippen molar-refractivity contribution >= 4 is 0 Å². The van der Waals surface area contributed by atoms with Crippen LogP contribution >= 0.6 is 0 Å². The summed E-state index contributed by atoms with van der Waals surface area (Å²) < 4.78 is 24.4. The highest BCUT2D eigenvalue weighted by Gasteiger charge is 2.21. The standard InChI is InChI=1S/C16H26FNO2/c1-5-9-18-16(12(2)8-10-19-3)14-7-6-13(20-4)11-15(14)17/h6-7,11-12,16,18H,5,8-10H2,1-4H3. The first-order valence-electron chi connectivity index (χ1n) is 7.19. The van der Waals surface area contributed by atoms with E-state index in [1.54, 1.807) is 14.2 Å². The fourth-order valence-electron chi connectivity index (χ4n) is 2.27. The van der Waals surface area contributed by atoms with Crippen LogP contribution in [0.1, 0.15) is 38.3 Å². The van der Waals surface area contributed by atoms with Crippen LogP contribution in [-0.2, 0) is 4.74 Å². The van der Waals surface area contributed by atoms with Crippen LogP contribution in [0.2, 0.25) is 0 Å². The Kier molecular flexibility index (Phi) is 7.55. The maximum atomic E-state index is 14.2. The van der Waals surface area contributed by atoms with Crippen LogP contribution in [0, 0.1) is 11.7 Å². The Hall–Kier alpha value is -1.13. The van der Waals surface area contributed by atoms with Crippen molar-refractivity contribution in [3.8, 4) is 5.75 Å². The van der Waals surface area contributed by atoms with Crippen molar-refractivity contribution in [3.05, 3.63) is 29.6 Å². The maximum absolute atomic E-state index is 14.2. The third-order valence-electron chi connectivity index (χ3n) is 3.50. The minimum Gasteiger partial charge on any atom is -0.497 e. The second-order valence-electron chi connectivity index (χ2n) is 5.08. The van der Waals surface area contributed by atoms with Gasteiger partial charge >= 0.3 is 0 Å². The third kappa shape index (κ3) is 4.76. The molecule has 0 aliphatic carbocycles. The molecule has 3 nitrogen and oxygen atoms in total. The van der Waals surface area contributed by atoms with Gasteiger partial charge in [-0.05, 0) is 31.4 Å². The molecule has 0 saturated heterocycles. The lowest BCUT2D eigenvalue weighted by Gasteiger charge is -2.26. The highest BCUT2D eigenvalue weighted by molar-refractivity contribution is 5.31. The molecule has 0 fully saturated rings. The normalized spacial score (nSPS) is 14.1. The zero-order chi connectivity index (χ0) is 15.0. The number of rotatable bonds is 9. The largest absolute Gasteiger partial charge is 0.497 e. The van der Waals surface area contributed by atoms with Gasteiger partial charge in [0, 0.05) is 31.4 Å². The average molecular weight is 283 g/mol. The summed E-state index contributed by atoms with van der Waals surface area (Å²) in [6.07, 6.45) is 1.91. The summed E-state index contributed by atoms with van der Waals surface area (Å²) in [4.78, 5) is 0. The molecule has 20 heavy (non-hydrogen) atoms. The van der Waals surface area contributed by atoms with Gasteiger partial charge in [0.25, 0.3) is 0 Å². The first-order chi connectivity index (χ1) is 9.63. The van der Waals surface area contributed by atoms with Gasteiger partial charge in [-0.3, -0.25) is 0 Å². The van der Waals surface area contributed by atoms with Crippen LogP contribution in [0.4, 0.5) is 4.39 Å². The summed E-state index contributed by atoms with van der Waals surface area (Å²) in [7, 11) is 3.23. The second-order valence-corrected chi connectivity index (χ2v) is 5.08. The Morgan fingerprint density at radius 2 is 2.05 bits per heavy atom. The molecule has 0 spiro atoms. The molecule has 1 aromatic carbocycles. The van der Waals surface area contributed by atoms with E-state index in [9.17, 15) is 4.39 Å². The van der Waals surface area contributed by atoms with E-state index in [4.69, 9.17) is 9.47 Å². The molecule has 2 unspecified atom stereocenters. The molecule has 0 aliphatic rings. The molecular weight excluding hydrogens is 257 g/mol. The predicted octanol–water partition coefficient (Wildman–Crippen LogP) is 3.55. The van der Waals surface area contributed by atoms with Crippen LogP contribution < -0.4 is 10.1 Å². The molecule has 0 bridgehead atoms. The van der Waals surface area contributed by atoms with E-state index < -0.39 is 0 Å². The fourth-order valence-corrected chi connectivity index (χ4v) is 2.27. The van der Waals surface area contributed by atoms with Crippen molar-refractivity contribution in [3.63, 3.8) is 0 Å². The monoisotopic (exact) mass is 283 g/mol. The van der Waals surface area contributed by atoms with Gasteiger partial charge in [-0.1, -0.05) is 19.9 Å². The van der Waals surface area contributed by atoms with Crippen molar-refractivity contribution in [2.24, 2.45) is 5.92 Å². The van der Waals surface area contributed by atoms with Crippen molar-refractivity contribution in [1.82, 2.24) is 5.32 Å². The van der Waals surface area contributed by atoms with Gasteiger partial charge < -0.3 is 14.8 Å².